The zero-order valence-electron chi connectivity index (χ0n) is 3.17. The topological polar surface area (TPSA) is 94.2 Å². The lowest BCUT2D eigenvalue weighted by molar-refractivity contribution is 0.623. The third kappa shape index (κ3) is 5.09. The maximum absolute atomic E-state index is 9.38. The van der Waals surface area contributed by atoms with Gasteiger partial charge in [-0.3, -0.25) is 11.1 Å². The molecule has 6 heteroatoms. The summed E-state index contributed by atoms with van der Waals surface area (Å²) in [4.78, 5) is 0. The van der Waals surface area contributed by atoms with Crippen molar-refractivity contribution in [2.45, 2.75) is 0 Å². The molecule has 7 heavy (non-hydrogen) atoms. The molecule has 0 spiro atoms. The minimum absolute atomic E-state index is 0.951. The van der Waals surface area contributed by atoms with Crippen molar-refractivity contribution in [3.8, 4) is 0 Å². The van der Waals surface area contributed by atoms with Gasteiger partial charge in [-0.1, -0.05) is 4.36 Å². The fraction of sp³-hybridized carbons (Fsp3) is 0. The Morgan fingerprint density at radius 3 is 2.00 bits per heavy atom. The number of nitrogens with one attached hydrogen (secondary N) is 2. The van der Waals surface area contributed by atoms with Gasteiger partial charge in [-0.05, 0) is 0 Å². The third-order valence-electron chi connectivity index (χ3n) is 0.166. The second-order valence-electron chi connectivity index (χ2n) is 0.657. The van der Waals surface area contributed by atoms with Gasteiger partial charge < -0.3 is 0 Å². The third-order valence-corrected chi connectivity index (χ3v) is 0.497. The second-order valence-corrected chi connectivity index (χ2v) is 1.27. The van der Waals surface area contributed by atoms with E-state index in [9.17, 15) is 8.42 Å². The summed E-state index contributed by atoms with van der Waals surface area (Å²) in [5, 5.41) is 6.13. The largest absolute Gasteiger partial charge is 0.319 e. The summed E-state index contributed by atoms with van der Waals surface area (Å²) in [7, 11) is -2.63. The molecule has 1 radical (unpaired) electrons. The molecule has 39 valence electrons. The van der Waals surface area contributed by atoms with Crippen LogP contribution in [-0.2, 0) is 10.5 Å². The number of rotatable bonds is 0. The Morgan fingerprint density at radius 1 is 1.57 bits per heavy atom. The van der Waals surface area contributed by atoms with Gasteiger partial charge in [0.05, 0.1) is 0 Å². The normalized spacial score (nSPS) is 7.43. The van der Waals surface area contributed by atoms with Gasteiger partial charge in [-0.25, -0.2) is 0 Å². The first-order valence-electron chi connectivity index (χ1n) is 1.24. The molecule has 0 amide bonds. The van der Waals surface area contributed by atoms with E-state index in [0.29, 0.717) is 0 Å². The van der Waals surface area contributed by atoms with Crippen LogP contribution in [0.3, 0.4) is 0 Å². The average molecular weight is 120 g/mol. The van der Waals surface area contributed by atoms with Crippen LogP contribution in [0.1, 0.15) is 0 Å². The molecule has 0 fully saturated rings. The number of hydrogen-bond acceptors (Lipinski definition) is 3. The smallest absolute Gasteiger partial charge is 0.265 e. The summed E-state index contributed by atoms with van der Waals surface area (Å²) in [6, 6.07) is 0. The first-order chi connectivity index (χ1) is 3.13. The van der Waals surface area contributed by atoms with Gasteiger partial charge in [0.15, 0.2) is 0 Å². The number of nitrogens with zero attached hydrogens (tertiary/aromatic N) is 1. The number of guanidine groups is 1. The van der Waals surface area contributed by atoms with E-state index in [2.05, 4.69) is 4.36 Å². The SMILES string of the molecule is [NH]C(=N)N=S(=O)=O. The van der Waals surface area contributed by atoms with Gasteiger partial charge in [0.25, 0.3) is 0 Å². The van der Waals surface area contributed by atoms with Crippen molar-refractivity contribution in [2.75, 3.05) is 0 Å². The summed E-state index contributed by atoms with van der Waals surface area (Å²) in [5.41, 5.74) is 6.13. The summed E-state index contributed by atoms with van der Waals surface area (Å²) < 4.78 is 21.2. The minimum atomic E-state index is -2.63. The summed E-state index contributed by atoms with van der Waals surface area (Å²) in [6.45, 7) is 0. The van der Waals surface area contributed by atoms with Crippen molar-refractivity contribution >= 4 is 16.5 Å². The molecular formula is CH2N3O2S. The van der Waals surface area contributed by atoms with Crippen molar-refractivity contribution in [1.29, 1.82) is 5.41 Å². The molecule has 0 rings (SSSR count). The number of hydrogen-bond donors (Lipinski definition) is 1. The highest BCUT2D eigenvalue weighted by Crippen LogP contribution is 1.60. The van der Waals surface area contributed by atoms with E-state index >= 15 is 0 Å². The summed E-state index contributed by atoms with van der Waals surface area (Å²) >= 11 is 0. The average Bonchev–Trinajstić information content (AvgIpc) is 1.27. The molecule has 0 aromatic carbocycles. The van der Waals surface area contributed by atoms with Crippen LogP contribution in [0.15, 0.2) is 4.36 Å². The lowest BCUT2D eigenvalue weighted by Crippen LogP contribution is -1.87. The maximum atomic E-state index is 9.38. The Bertz CT molecular complexity index is 181. The van der Waals surface area contributed by atoms with Gasteiger partial charge in [0, 0.05) is 0 Å². The molecule has 0 saturated carbocycles. The van der Waals surface area contributed by atoms with Crippen LogP contribution in [0.2, 0.25) is 0 Å². The van der Waals surface area contributed by atoms with Crippen LogP contribution in [-0.4, -0.2) is 14.4 Å². The van der Waals surface area contributed by atoms with Crippen LogP contribution in [0.5, 0.6) is 0 Å². The van der Waals surface area contributed by atoms with Gasteiger partial charge in [-0.2, -0.15) is 8.42 Å². The van der Waals surface area contributed by atoms with Gasteiger partial charge in [0.2, 0.25) is 5.96 Å². The molecule has 0 saturated heterocycles. The Hall–Kier alpha value is -0.910. The zero-order chi connectivity index (χ0) is 5.86. The highest BCUT2D eigenvalue weighted by molar-refractivity contribution is 7.62. The van der Waals surface area contributed by atoms with E-state index in [1.165, 1.54) is 0 Å². The van der Waals surface area contributed by atoms with Crippen molar-refractivity contribution < 1.29 is 8.42 Å². The predicted molar refractivity (Wildman–Crippen MR) is 22.2 cm³/mol. The predicted octanol–water partition coefficient (Wildman–Crippen LogP) is -0.733. The van der Waals surface area contributed by atoms with E-state index < -0.39 is 16.5 Å². The first-order valence-corrected chi connectivity index (χ1v) is 2.27. The first kappa shape index (κ1) is 6.09. The molecular weight excluding hydrogens is 118 g/mol. The van der Waals surface area contributed by atoms with Crippen molar-refractivity contribution in [2.24, 2.45) is 4.36 Å². The van der Waals surface area contributed by atoms with E-state index in [-0.39, 0.29) is 0 Å². The van der Waals surface area contributed by atoms with E-state index in [4.69, 9.17) is 11.1 Å². The molecule has 0 aliphatic heterocycles. The Labute approximate surface area is 41.4 Å². The van der Waals surface area contributed by atoms with Crippen molar-refractivity contribution in [1.82, 2.24) is 5.73 Å². The lowest BCUT2D eigenvalue weighted by Gasteiger charge is -1.66. The highest BCUT2D eigenvalue weighted by atomic mass is 32.2. The van der Waals surface area contributed by atoms with Gasteiger partial charge in [0.1, 0.15) is 0 Å². The quantitative estimate of drug-likeness (QED) is 0.337. The fourth-order valence-corrected chi connectivity index (χ4v) is 0.224. The molecule has 0 aliphatic carbocycles. The Balaban J connectivity index is 4.26. The zero-order valence-corrected chi connectivity index (χ0v) is 3.99. The molecule has 5 nitrogen and oxygen atoms in total. The molecule has 0 atom stereocenters. The van der Waals surface area contributed by atoms with Gasteiger partial charge in [-0.15, -0.1) is 0 Å². The molecule has 0 unspecified atom stereocenters. The monoisotopic (exact) mass is 120 g/mol. The molecule has 0 heterocycles. The van der Waals surface area contributed by atoms with Crippen LogP contribution in [0, 0.1) is 5.41 Å². The highest BCUT2D eigenvalue weighted by Gasteiger charge is 1.76. The van der Waals surface area contributed by atoms with Crippen LogP contribution >= 0.6 is 0 Å². The van der Waals surface area contributed by atoms with Gasteiger partial charge >= 0.3 is 10.5 Å². The van der Waals surface area contributed by atoms with Crippen molar-refractivity contribution in [3.05, 3.63) is 0 Å². The Kier molecular flexibility index (Phi) is 2.00. The van der Waals surface area contributed by atoms with Crippen LogP contribution in [0.25, 0.3) is 0 Å². The molecule has 0 aromatic rings. The Morgan fingerprint density at radius 2 is 2.00 bits per heavy atom. The van der Waals surface area contributed by atoms with Crippen LogP contribution in [0.4, 0.5) is 0 Å². The maximum Gasteiger partial charge on any atom is 0.319 e. The second kappa shape index (κ2) is 2.30. The molecule has 0 aliphatic rings. The molecule has 0 bridgehead atoms. The van der Waals surface area contributed by atoms with E-state index in [0.717, 1.165) is 0 Å². The summed E-state index contributed by atoms with van der Waals surface area (Å²) in [6.07, 6.45) is 0. The lowest BCUT2D eigenvalue weighted by atomic mass is 11.1. The van der Waals surface area contributed by atoms with Crippen molar-refractivity contribution in [3.63, 3.8) is 0 Å². The standard InChI is InChI=1S/CH2N3O2S/c2-1(3)4-7(5)6/h2-3H. The van der Waals surface area contributed by atoms with E-state index in [1.54, 1.807) is 0 Å². The minimum Gasteiger partial charge on any atom is -0.265 e. The van der Waals surface area contributed by atoms with E-state index in [1.807, 2.05) is 0 Å². The summed E-state index contributed by atoms with van der Waals surface area (Å²) in [5.74, 6) is -0.951. The fourth-order valence-electron chi connectivity index (χ4n) is 0.0745. The molecule has 0 aromatic heterocycles. The molecule has 2 N–H and O–H groups in total. The van der Waals surface area contributed by atoms with Crippen LogP contribution < -0.4 is 5.73 Å².